The average molecular weight is 461 g/mol. The first-order valence-corrected chi connectivity index (χ1v) is 12.4. The summed E-state index contributed by atoms with van der Waals surface area (Å²) in [6, 6.07) is 15.3. The lowest BCUT2D eigenvalue weighted by atomic mass is 9.73. The maximum absolute atomic E-state index is 13.7. The Morgan fingerprint density at radius 2 is 1.82 bits per heavy atom. The first-order valence-electron chi connectivity index (χ1n) is 12.4. The van der Waals surface area contributed by atoms with E-state index in [0.717, 1.165) is 47.6 Å². The van der Waals surface area contributed by atoms with Crippen molar-refractivity contribution in [1.82, 2.24) is 0 Å². The van der Waals surface area contributed by atoms with E-state index in [-0.39, 0.29) is 23.0 Å². The Morgan fingerprint density at radius 3 is 2.50 bits per heavy atom. The van der Waals surface area contributed by atoms with E-state index in [0.29, 0.717) is 18.6 Å². The minimum absolute atomic E-state index is 0.00564. The van der Waals surface area contributed by atoms with Gasteiger partial charge in [-0.15, -0.1) is 0 Å². The number of anilines is 2. The van der Waals surface area contributed by atoms with Gasteiger partial charge >= 0.3 is 0 Å². The van der Waals surface area contributed by atoms with Gasteiger partial charge in [0, 0.05) is 23.6 Å². The Labute approximate surface area is 203 Å². The smallest absolute Gasteiger partial charge is 0.230 e. The normalized spacial score (nSPS) is 19.3. The summed E-state index contributed by atoms with van der Waals surface area (Å²) < 4.78 is 5.87. The summed E-state index contributed by atoms with van der Waals surface area (Å²) in [5.74, 6) is 0.677. The van der Waals surface area contributed by atoms with Crippen molar-refractivity contribution in [2.75, 3.05) is 16.8 Å². The van der Waals surface area contributed by atoms with Crippen LogP contribution in [0.25, 0.3) is 0 Å². The number of ether oxygens (including phenoxy) is 1. The molecule has 1 heterocycles. The molecule has 1 N–H and O–H groups in total. The molecule has 5 nitrogen and oxygen atoms in total. The predicted molar refractivity (Wildman–Crippen MR) is 137 cm³/mol. The second-order valence-corrected chi connectivity index (χ2v) is 10.5. The fourth-order valence-electron chi connectivity index (χ4n) is 4.90. The highest BCUT2D eigenvalue weighted by molar-refractivity contribution is 6.06. The van der Waals surface area contributed by atoms with Gasteiger partial charge in [-0.3, -0.25) is 14.5 Å². The highest BCUT2D eigenvalue weighted by Crippen LogP contribution is 2.48. The SMILES string of the molecule is CCCCOc1ccc(C2C3=C(CC(C)(C)CC3=O)Nc3ccccc3N2C(=O)C(C)C)cc1. The van der Waals surface area contributed by atoms with Crippen molar-refractivity contribution in [3.63, 3.8) is 0 Å². The molecular formula is C29H36N2O3. The van der Waals surface area contributed by atoms with Crippen LogP contribution in [0.1, 0.15) is 71.9 Å². The molecule has 0 saturated carbocycles. The second-order valence-electron chi connectivity index (χ2n) is 10.5. The quantitative estimate of drug-likeness (QED) is 0.490. The van der Waals surface area contributed by atoms with E-state index in [4.69, 9.17) is 4.74 Å². The number of allylic oxidation sites excluding steroid dienone is 1. The molecule has 2 aromatic carbocycles. The number of nitrogens with one attached hydrogen (secondary N) is 1. The fraction of sp³-hybridized carbons (Fsp3) is 0.448. The van der Waals surface area contributed by atoms with Crippen LogP contribution in [0.4, 0.5) is 11.4 Å². The predicted octanol–water partition coefficient (Wildman–Crippen LogP) is 6.66. The van der Waals surface area contributed by atoms with Crippen molar-refractivity contribution < 1.29 is 14.3 Å². The van der Waals surface area contributed by atoms with Crippen LogP contribution in [0.15, 0.2) is 59.8 Å². The van der Waals surface area contributed by atoms with E-state index >= 15 is 0 Å². The summed E-state index contributed by atoms with van der Waals surface area (Å²) in [7, 11) is 0. The van der Waals surface area contributed by atoms with Crippen LogP contribution in [0.2, 0.25) is 0 Å². The van der Waals surface area contributed by atoms with Crippen LogP contribution >= 0.6 is 0 Å². The highest BCUT2D eigenvalue weighted by atomic mass is 16.5. The van der Waals surface area contributed by atoms with Gasteiger partial charge in [0.25, 0.3) is 0 Å². The number of para-hydroxylation sites is 2. The van der Waals surface area contributed by atoms with Gasteiger partial charge in [0.2, 0.25) is 5.91 Å². The van der Waals surface area contributed by atoms with E-state index in [1.165, 1.54) is 0 Å². The van der Waals surface area contributed by atoms with Crippen LogP contribution in [0.5, 0.6) is 5.75 Å². The Hall–Kier alpha value is -3.08. The molecule has 1 aliphatic heterocycles. The van der Waals surface area contributed by atoms with E-state index in [1.807, 2.05) is 67.3 Å². The lowest BCUT2D eigenvalue weighted by Crippen LogP contribution is -2.41. The van der Waals surface area contributed by atoms with Gasteiger partial charge in [-0.2, -0.15) is 0 Å². The van der Waals surface area contributed by atoms with Crippen LogP contribution in [0.3, 0.4) is 0 Å². The molecule has 5 heteroatoms. The van der Waals surface area contributed by atoms with E-state index < -0.39 is 6.04 Å². The molecule has 0 spiro atoms. The highest BCUT2D eigenvalue weighted by Gasteiger charge is 2.43. The standard InChI is InChI=1S/C29H36N2O3/c1-6-7-16-34-21-14-12-20(13-15-21)27-26-23(17-29(4,5)18-25(26)32)30-22-10-8-9-11-24(22)31(27)28(33)19(2)3/h8-15,19,27,30H,6-7,16-18H2,1-5H3. The number of hydrogen-bond donors (Lipinski definition) is 1. The molecule has 1 atom stereocenters. The number of fused-ring (bicyclic) bond motifs is 1. The Kier molecular flexibility index (Phi) is 6.83. The summed E-state index contributed by atoms with van der Waals surface area (Å²) >= 11 is 0. The average Bonchev–Trinajstić information content (AvgIpc) is 2.92. The number of unbranched alkanes of at least 4 members (excludes halogenated alkanes) is 1. The lowest BCUT2D eigenvalue weighted by Gasteiger charge is -2.37. The number of nitrogens with zero attached hydrogens (tertiary/aromatic N) is 1. The van der Waals surface area contributed by atoms with Gasteiger partial charge in [0.15, 0.2) is 5.78 Å². The number of Topliss-reactive ketones (excluding diaryl/α,β-unsaturated/α-hetero) is 1. The third kappa shape index (κ3) is 4.75. The van der Waals surface area contributed by atoms with Crippen LogP contribution in [-0.2, 0) is 9.59 Å². The van der Waals surface area contributed by atoms with Gasteiger partial charge in [0.1, 0.15) is 5.75 Å². The first-order chi connectivity index (χ1) is 16.2. The molecule has 180 valence electrons. The van der Waals surface area contributed by atoms with Crippen LogP contribution < -0.4 is 15.0 Å². The number of benzene rings is 2. The molecule has 2 aromatic rings. The molecule has 0 saturated heterocycles. The molecule has 4 rings (SSSR count). The van der Waals surface area contributed by atoms with Crippen molar-refractivity contribution in [1.29, 1.82) is 0 Å². The third-order valence-electron chi connectivity index (χ3n) is 6.59. The zero-order chi connectivity index (χ0) is 24.5. The number of carbonyl (C=O) groups excluding carboxylic acids is 2. The van der Waals surface area contributed by atoms with Gasteiger partial charge in [-0.05, 0) is 48.1 Å². The summed E-state index contributed by atoms with van der Waals surface area (Å²) in [5, 5.41) is 3.56. The van der Waals surface area contributed by atoms with Gasteiger partial charge in [0.05, 0.1) is 24.0 Å². The zero-order valence-corrected chi connectivity index (χ0v) is 21.0. The maximum Gasteiger partial charge on any atom is 0.230 e. The molecule has 1 unspecified atom stereocenters. The van der Waals surface area contributed by atoms with Gasteiger partial charge in [-0.1, -0.05) is 65.3 Å². The molecule has 1 aliphatic carbocycles. The minimum Gasteiger partial charge on any atom is -0.494 e. The third-order valence-corrected chi connectivity index (χ3v) is 6.59. The monoisotopic (exact) mass is 460 g/mol. The minimum atomic E-state index is -0.491. The Bertz CT molecular complexity index is 1100. The lowest BCUT2D eigenvalue weighted by molar-refractivity contribution is -0.122. The molecule has 0 fully saturated rings. The number of carbonyl (C=O) groups is 2. The van der Waals surface area contributed by atoms with Crippen molar-refractivity contribution in [2.45, 2.75) is 66.3 Å². The topological polar surface area (TPSA) is 58.6 Å². The summed E-state index contributed by atoms with van der Waals surface area (Å²) in [6.07, 6.45) is 3.29. The molecular weight excluding hydrogens is 424 g/mol. The maximum atomic E-state index is 13.7. The fourth-order valence-corrected chi connectivity index (χ4v) is 4.90. The van der Waals surface area contributed by atoms with Crippen LogP contribution in [0, 0.1) is 11.3 Å². The van der Waals surface area contributed by atoms with E-state index in [1.54, 1.807) is 0 Å². The van der Waals surface area contributed by atoms with Gasteiger partial charge in [-0.25, -0.2) is 0 Å². The number of amides is 1. The van der Waals surface area contributed by atoms with Crippen molar-refractivity contribution in [3.05, 3.63) is 65.4 Å². The summed E-state index contributed by atoms with van der Waals surface area (Å²) in [5.41, 5.74) is 4.04. The van der Waals surface area contributed by atoms with Crippen LogP contribution in [-0.4, -0.2) is 18.3 Å². The number of ketones is 1. The Balaban J connectivity index is 1.88. The molecule has 34 heavy (non-hydrogen) atoms. The summed E-state index contributed by atoms with van der Waals surface area (Å²) in [4.78, 5) is 29.2. The van der Waals surface area contributed by atoms with Crippen molar-refractivity contribution in [2.24, 2.45) is 11.3 Å². The Morgan fingerprint density at radius 1 is 1.12 bits per heavy atom. The number of hydrogen-bond acceptors (Lipinski definition) is 4. The molecule has 1 amide bonds. The zero-order valence-electron chi connectivity index (χ0n) is 21.0. The van der Waals surface area contributed by atoms with E-state index in [2.05, 4.69) is 26.1 Å². The molecule has 0 radical (unpaired) electrons. The molecule has 2 aliphatic rings. The van der Waals surface area contributed by atoms with Gasteiger partial charge < -0.3 is 10.1 Å². The van der Waals surface area contributed by atoms with E-state index in [9.17, 15) is 9.59 Å². The number of rotatable bonds is 6. The first kappa shape index (κ1) is 24.1. The largest absolute Gasteiger partial charge is 0.494 e. The van der Waals surface area contributed by atoms with Crippen molar-refractivity contribution in [3.8, 4) is 5.75 Å². The van der Waals surface area contributed by atoms with Crippen molar-refractivity contribution >= 4 is 23.1 Å². The molecule has 0 bridgehead atoms. The molecule has 0 aromatic heterocycles. The second kappa shape index (κ2) is 9.65. The summed E-state index contributed by atoms with van der Waals surface area (Å²) in [6.45, 7) is 10.9.